The smallest absolute Gasteiger partial charge is 0.875 e. The van der Waals surface area contributed by atoms with Crippen LogP contribution in [0, 0.1) is 16.9 Å². The van der Waals surface area contributed by atoms with Gasteiger partial charge in [-0.2, -0.15) is 0 Å². The molecule has 0 saturated heterocycles. The van der Waals surface area contributed by atoms with Crippen LogP contribution in [0.4, 0.5) is 0 Å². The van der Waals surface area contributed by atoms with E-state index in [-0.39, 0.29) is 30.7 Å². The quantitative estimate of drug-likeness (QED) is 0.255. The van der Waals surface area contributed by atoms with E-state index in [1.54, 1.807) is 6.92 Å². The van der Waals surface area contributed by atoms with Crippen molar-refractivity contribution in [2.45, 2.75) is 85.4 Å². The molecule has 212 valence electrons. The van der Waals surface area contributed by atoms with Gasteiger partial charge >= 0.3 is 19.5 Å². The summed E-state index contributed by atoms with van der Waals surface area (Å²) in [7, 11) is -1.92. The molecule has 0 spiro atoms. The van der Waals surface area contributed by atoms with Crippen molar-refractivity contribution >= 4 is 37.4 Å². The van der Waals surface area contributed by atoms with Crippen molar-refractivity contribution in [1.29, 1.82) is 0 Å². The molecule has 0 amide bonds. The molecule has 4 aliphatic heterocycles. The van der Waals surface area contributed by atoms with Gasteiger partial charge in [-0.05, 0) is 52.6 Å². The van der Waals surface area contributed by atoms with Crippen LogP contribution in [0.1, 0.15) is 68.7 Å². The predicted octanol–water partition coefficient (Wildman–Crippen LogP) is 5.43. The van der Waals surface area contributed by atoms with Gasteiger partial charge in [0.05, 0.1) is 28.4 Å². The number of fused-ring (bicyclic) bond motifs is 5. The number of hydrogen-bond acceptors (Lipinski definition) is 4. The van der Waals surface area contributed by atoms with Crippen molar-refractivity contribution < 1.29 is 24.6 Å². The van der Waals surface area contributed by atoms with Gasteiger partial charge in [0.15, 0.2) is 0 Å². The zero-order valence-corrected chi connectivity index (χ0v) is 30.4. The van der Waals surface area contributed by atoms with Gasteiger partial charge in [0, 0.05) is 23.2 Å². The topological polar surface area (TPSA) is 74.2 Å². The first kappa shape index (κ1) is 31.9. The van der Waals surface area contributed by atoms with Gasteiger partial charge < -0.3 is 10.1 Å². The minimum atomic E-state index is -1.92. The Morgan fingerprint density at radius 2 is 1.43 bits per heavy atom. The maximum absolute atomic E-state index is 12.4. The summed E-state index contributed by atoms with van der Waals surface area (Å²) in [4.78, 5) is 19.6. The second-order valence-electron chi connectivity index (χ2n) is 13.1. The standard InChI is InChI=1S/C35H41N4OSi.Zn/c1-21(2)41(22(3)4,23(5)6)13-12-25-14-28-19-34-35(8,9)20-30(39-34)18-33-31(24(7)40)16-29(38-33)15-26-10-11-27(36-26)17-32(25)37-28;/h10-11,14-19,21-23H,20H2,1-9H3,(H-,36,37,38,39,40);/q-1;+2/p-1. The molecule has 42 heavy (non-hydrogen) atoms. The van der Waals surface area contributed by atoms with Crippen LogP contribution in [-0.4, -0.2) is 25.2 Å². The third kappa shape index (κ3) is 6.03. The Morgan fingerprint density at radius 1 is 0.833 bits per heavy atom. The van der Waals surface area contributed by atoms with Crippen molar-refractivity contribution in [3.8, 4) is 11.5 Å². The molecule has 0 aliphatic carbocycles. The molecule has 5 heterocycles. The van der Waals surface area contributed by atoms with Crippen LogP contribution in [0.25, 0.3) is 12.2 Å². The number of aliphatic imine (C=N–C) groups is 3. The third-order valence-corrected chi connectivity index (χ3v) is 15.0. The van der Waals surface area contributed by atoms with E-state index in [0.29, 0.717) is 33.6 Å². The average molecular weight is 626 g/mol. The second-order valence-corrected chi connectivity index (χ2v) is 18.7. The van der Waals surface area contributed by atoms with E-state index in [4.69, 9.17) is 20.0 Å². The van der Waals surface area contributed by atoms with Gasteiger partial charge in [-0.15, -0.1) is 22.0 Å². The molecule has 5 rings (SSSR count). The van der Waals surface area contributed by atoms with Crippen LogP contribution in [-0.2, 0) is 19.5 Å². The summed E-state index contributed by atoms with van der Waals surface area (Å²) in [6, 6.07) is 3.96. The molecule has 1 aromatic rings. The van der Waals surface area contributed by atoms with E-state index in [2.05, 4.69) is 79.0 Å². The molecule has 0 radical (unpaired) electrons. The summed E-state index contributed by atoms with van der Waals surface area (Å²) < 4.78 is 0. The summed E-state index contributed by atoms with van der Waals surface area (Å²) in [6.45, 7) is 20.0. The molecule has 4 aliphatic rings. The van der Waals surface area contributed by atoms with Crippen LogP contribution in [0.3, 0.4) is 0 Å². The summed E-state index contributed by atoms with van der Waals surface area (Å²) in [5.74, 6) is 3.62. The molecular weight excluding hydrogens is 586 g/mol. The Bertz CT molecular complexity index is 1710. The van der Waals surface area contributed by atoms with Gasteiger partial charge in [0.25, 0.3) is 0 Å². The molecular formula is C35H40N4OSiZn. The molecule has 7 heteroatoms. The fraction of sp³-hybridized carbons (Fsp3) is 0.400. The van der Waals surface area contributed by atoms with Crippen molar-refractivity contribution in [2.75, 3.05) is 0 Å². The molecule has 0 unspecified atom stereocenters. The first-order valence-electron chi connectivity index (χ1n) is 14.7. The molecule has 0 fully saturated rings. The number of rotatable bonds is 3. The summed E-state index contributed by atoms with van der Waals surface area (Å²) in [6.07, 6.45) is 12.7. The molecule has 1 aromatic heterocycles. The Balaban J connectivity index is 0.00000405. The van der Waals surface area contributed by atoms with E-state index < -0.39 is 8.07 Å². The molecule has 0 saturated carbocycles. The SMILES string of the molecule is C/C([O-])=C1\C=C2C=c3ccc([n-]3)=CC3=NC(=CC4=NC(=CC1=N2)CC4(C)C)C=C3C#C[Si](C(C)C)(C(C)C)C(C)C.[Zn+2]. The average Bonchev–Trinajstić information content (AvgIpc) is 3.62. The maximum atomic E-state index is 12.4. The molecule has 0 atom stereocenters. The number of nitrogens with zero attached hydrogens (tertiary/aromatic N) is 4. The van der Waals surface area contributed by atoms with Gasteiger partial charge in [0.2, 0.25) is 0 Å². The van der Waals surface area contributed by atoms with E-state index in [1.165, 1.54) is 0 Å². The zero-order valence-electron chi connectivity index (χ0n) is 26.5. The first-order chi connectivity index (χ1) is 19.3. The van der Waals surface area contributed by atoms with Gasteiger partial charge in [0.1, 0.15) is 8.07 Å². The first-order valence-corrected chi connectivity index (χ1v) is 16.9. The molecule has 8 bridgehead atoms. The van der Waals surface area contributed by atoms with Crippen molar-refractivity contribution in [1.82, 2.24) is 4.98 Å². The van der Waals surface area contributed by atoms with Crippen molar-refractivity contribution in [2.24, 2.45) is 20.4 Å². The van der Waals surface area contributed by atoms with E-state index in [9.17, 15) is 5.11 Å². The van der Waals surface area contributed by atoms with Gasteiger partial charge in [-0.1, -0.05) is 86.4 Å². The van der Waals surface area contributed by atoms with Crippen LogP contribution in [0.5, 0.6) is 0 Å². The molecule has 0 N–H and O–H groups in total. The zero-order chi connectivity index (χ0) is 29.7. The Kier molecular flexibility index (Phi) is 9.03. The fourth-order valence-electron chi connectivity index (χ4n) is 6.61. The third-order valence-electron chi connectivity index (χ3n) is 8.73. The summed E-state index contributed by atoms with van der Waals surface area (Å²) >= 11 is 0. The predicted molar refractivity (Wildman–Crippen MR) is 173 cm³/mol. The minimum Gasteiger partial charge on any atom is -0.875 e. The maximum Gasteiger partial charge on any atom is 2.00 e. The van der Waals surface area contributed by atoms with Crippen LogP contribution in [0.2, 0.25) is 16.6 Å². The summed E-state index contributed by atoms with van der Waals surface area (Å²) in [5, 5.41) is 14.0. The van der Waals surface area contributed by atoms with Gasteiger partial charge in [-0.3, -0.25) is 4.99 Å². The Hall–Kier alpha value is -3.07. The largest absolute Gasteiger partial charge is 2.00 e. The van der Waals surface area contributed by atoms with Crippen molar-refractivity contribution in [3.05, 3.63) is 81.1 Å². The summed E-state index contributed by atoms with van der Waals surface area (Å²) in [5.41, 5.74) is 11.8. The van der Waals surface area contributed by atoms with Crippen LogP contribution < -0.4 is 20.8 Å². The fourth-order valence-corrected chi connectivity index (χ4v) is 11.8. The minimum absolute atomic E-state index is 0. The monoisotopic (exact) mass is 624 g/mol. The normalized spacial score (nSPS) is 20.2. The van der Waals surface area contributed by atoms with Crippen LogP contribution in [0.15, 0.2) is 85.4 Å². The molecule has 0 aromatic carbocycles. The van der Waals surface area contributed by atoms with E-state index in [1.807, 2.05) is 36.4 Å². The van der Waals surface area contributed by atoms with Crippen LogP contribution >= 0.6 is 0 Å². The Labute approximate surface area is 264 Å². The van der Waals surface area contributed by atoms with E-state index in [0.717, 1.165) is 45.5 Å². The number of hydrogen-bond donors (Lipinski definition) is 0. The number of aromatic nitrogens is 1. The second kappa shape index (κ2) is 11.9. The van der Waals surface area contributed by atoms with Gasteiger partial charge in [-0.25, -0.2) is 9.98 Å². The Morgan fingerprint density at radius 3 is 2.05 bits per heavy atom. The number of allylic oxidation sites excluding steroid dienone is 9. The van der Waals surface area contributed by atoms with E-state index >= 15 is 0 Å². The molecule has 5 nitrogen and oxygen atoms in total. The van der Waals surface area contributed by atoms with Crippen molar-refractivity contribution in [3.63, 3.8) is 0 Å².